The van der Waals surface area contributed by atoms with Gasteiger partial charge < -0.3 is 10.6 Å². The van der Waals surface area contributed by atoms with Crippen LogP contribution in [0.4, 0.5) is 0 Å². The van der Waals surface area contributed by atoms with Gasteiger partial charge in [-0.1, -0.05) is 29.3 Å². The van der Waals surface area contributed by atoms with Crippen LogP contribution in [0.1, 0.15) is 37.7 Å². The maximum Gasteiger partial charge on any atom is 0.223 e. The third kappa shape index (κ3) is 5.47. The average molecular weight is 469 g/mol. The lowest BCUT2D eigenvalue weighted by molar-refractivity contribution is -0.124. The van der Waals surface area contributed by atoms with E-state index in [1.807, 2.05) is 18.2 Å². The van der Waals surface area contributed by atoms with Gasteiger partial charge in [0.25, 0.3) is 0 Å². The number of amides is 1. The molecule has 3 aliphatic rings. The number of likely N-dealkylation sites (tertiary alicyclic amines) is 1. The molecule has 0 radical (unpaired) electrons. The molecule has 1 aromatic rings. The highest BCUT2D eigenvalue weighted by molar-refractivity contribution is 6.42. The van der Waals surface area contributed by atoms with Gasteiger partial charge in [0.15, 0.2) is 0 Å². The lowest BCUT2D eigenvalue weighted by atomic mass is 9.91. The van der Waals surface area contributed by atoms with Crippen molar-refractivity contribution in [2.24, 2.45) is 11.3 Å². The second-order valence-electron chi connectivity index (χ2n) is 8.18. The van der Waals surface area contributed by atoms with Gasteiger partial charge in [-0.25, -0.2) is 0 Å². The highest BCUT2D eigenvalue weighted by Crippen LogP contribution is 2.58. The fraction of sp³-hybridized carbons (Fsp3) is 0.650. The average Bonchev–Trinajstić information content (AvgIpc) is 3.33. The fourth-order valence-corrected chi connectivity index (χ4v) is 4.95. The van der Waals surface area contributed by atoms with Crippen molar-refractivity contribution in [2.75, 3.05) is 26.2 Å². The van der Waals surface area contributed by atoms with Crippen LogP contribution in [-0.4, -0.2) is 43.0 Å². The molecule has 1 aromatic carbocycles. The molecule has 4 rings (SSSR count). The zero-order valence-corrected chi connectivity index (χ0v) is 19.0. The summed E-state index contributed by atoms with van der Waals surface area (Å²) in [6.45, 7) is 5.03. The number of nitrogens with one attached hydrogen (secondary N) is 2. The fourth-order valence-electron chi connectivity index (χ4n) is 4.63. The molecule has 2 saturated heterocycles. The molecule has 1 amide bonds. The van der Waals surface area contributed by atoms with Crippen molar-refractivity contribution < 1.29 is 4.79 Å². The predicted octanol–water partition coefficient (Wildman–Crippen LogP) is 4.31. The Labute approximate surface area is 189 Å². The molecule has 1 spiro atoms. The van der Waals surface area contributed by atoms with Crippen molar-refractivity contribution in [3.63, 3.8) is 0 Å². The molecular weight excluding hydrogens is 440 g/mol. The smallest absolute Gasteiger partial charge is 0.223 e. The van der Waals surface area contributed by atoms with E-state index in [0.29, 0.717) is 27.4 Å². The van der Waals surface area contributed by atoms with Crippen LogP contribution in [-0.2, 0) is 11.3 Å². The minimum atomic E-state index is 0. The van der Waals surface area contributed by atoms with Crippen LogP contribution in [0, 0.1) is 11.3 Å². The van der Waals surface area contributed by atoms with Crippen LogP contribution >= 0.6 is 48.0 Å². The van der Waals surface area contributed by atoms with Gasteiger partial charge in [-0.15, -0.1) is 24.8 Å². The number of carbonyl (C=O) groups is 1. The van der Waals surface area contributed by atoms with Crippen LogP contribution in [0.3, 0.4) is 0 Å². The molecule has 4 nitrogen and oxygen atoms in total. The molecule has 2 N–H and O–H groups in total. The van der Waals surface area contributed by atoms with E-state index in [0.717, 1.165) is 64.8 Å². The van der Waals surface area contributed by atoms with Gasteiger partial charge in [0.1, 0.15) is 0 Å². The van der Waals surface area contributed by atoms with Crippen molar-refractivity contribution in [3.8, 4) is 0 Å². The number of piperidine rings is 2. The Hall–Kier alpha value is -0.230. The van der Waals surface area contributed by atoms with Gasteiger partial charge in [0.05, 0.1) is 10.0 Å². The van der Waals surface area contributed by atoms with E-state index in [1.54, 1.807) is 0 Å². The van der Waals surface area contributed by atoms with Gasteiger partial charge >= 0.3 is 0 Å². The van der Waals surface area contributed by atoms with E-state index in [2.05, 4.69) is 15.5 Å². The summed E-state index contributed by atoms with van der Waals surface area (Å²) in [6, 6.07) is 6.17. The van der Waals surface area contributed by atoms with Crippen molar-refractivity contribution in [1.82, 2.24) is 15.5 Å². The van der Waals surface area contributed by atoms with Crippen LogP contribution in [0.2, 0.25) is 10.0 Å². The quantitative estimate of drug-likeness (QED) is 0.691. The summed E-state index contributed by atoms with van der Waals surface area (Å²) in [5, 5.41) is 7.94. The molecule has 3 fully saturated rings. The number of halogens is 4. The standard InChI is InChI=1S/C20H27Cl2N3O.2ClH/c21-17-2-1-14(11-18(17)22)13-25-9-3-15(4-10-25)24-19(26)16-12-20(16)5-7-23-8-6-20;;/h1-2,11,15-16,23H,3-10,12-13H2,(H,24,26);2*1H. The summed E-state index contributed by atoms with van der Waals surface area (Å²) in [5.41, 5.74) is 1.51. The van der Waals surface area contributed by atoms with Crippen molar-refractivity contribution in [2.45, 2.75) is 44.7 Å². The number of nitrogens with zero attached hydrogens (tertiary/aromatic N) is 1. The first-order chi connectivity index (χ1) is 12.6. The predicted molar refractivity (Wildman–Crippen MR) is 120 cm³/mol. The molecule has 0 bridgehead atoms. The number of benzene rings is 1. The molecular formula is C20H29Cl4N3O. The molecule has 1 aliphatic carbocycles. The molecule has 8 heteroatoms. The van der Waals surface area contributed by atoms with Gasteiger partial charge in [0.2, 0.25) is 5.91 Å². The zero-order valence-electron chi connectivity index (χ0n) is 15.9. The molecule has 0 aromatic heterocycles. The molecule has 158 valence electrons. The van der Waals surface area contributed by atoms with Crippen LogP contribution in [0.15, 0.2) is 18.2 Å². The minimum absolute atomic E-state index is 0. The summed E-state index contributed by atoms with van der Waals surface area (Å²) in [7, 11) is 0. The molecule has 1 saturated carbocycles. The Morgan fingerprint density at radius 1 is 1.14 bits per heavy atom. The normalized spacial score (nSPS) is 24.1. The summed E-state index contributed by atoms with van der Waals surface area (Å²) >= 11 is 12.1. The Morgan fingerprint density at radius 3 is 2.46 bits per heavy atom. The van der Waals surface area contributed by atoms with Crippen LogP contribution in [0.25, 0.3) is 0 Å². The zero-order chi connectivity index (χ0) is 18.1. The number of carbonyl (C=O) groups excluding carboxylic acids is 1. The van der Waals surface area contributed by atoms with E-state index in [9.17, 15) is 4.79 Å². The van der Waals surface area contributed by atoms with Gasteiger partial charge in [-0.2, -0.15) is 0 Å². The third-order valence-electron chi connectivity index (χ3n) is 6.43. The summed E-state index contributed by atoms with van der Waals surface area (Å²) < 4.78 is 0. The summed E-state index contributed by atoms with van der Waals surface area (Å²) in [6.07, 6.45) is 5.46. The van der Waals surface area contributed by atoms with E-state index >= 15 is 0 Å². The van der Waals surface area contributed by atoms with Crippen LogP contribution in [0.5, 0.6) is 0 Å². The first-order valence-corrected chi connectivity index (χ1v) is 10.5. The largest absolute Gasteiger partial charge is 0.353 e. The monoisotopic (exact) mass is 467 g/mol. The maximum atomic E-state index is 12.6. The van der Waals surface area contributed by atoms with Gasteiger partial charge in [-0.05, 0) is 68.3 Å². The molecule has 1 unspecified atom stereocenters. The Bertz CT molecular complexity index is 673. The minimum Gasteiger partial charge on any atom is -0.353 e. The lowest BCUT2D eigenvalue weighted by Gasteiger charge is -2.32. The number of rotatable bonds is 4. The molecule has 1 atom stereocenters. The highest BCUT2D eigenvalue weighted by Gasteiger charge is 2.57. The highest BCUT2D eigenvalue weighted by atomic mass is 35.5. The van der Waals surface area contributed by atoms with Gasteiger partial charge in [0, 0.05) is 31.6 Å². The Morgan fingerprint density at radius 2 is 1.82 bits per heavy atom. The van der Waals surface area contributed by atoms with E-state index in [1.165, 1.54) is 5.56 Å². The molecule has 28 heavy (non-hydrogen) atoms. The van der Waals surface area contributed by atoms with Crippen molar-refractivity contribution in [1.29, 1.82) is 0 Å². The Kier molecular flexibility index (Phi) is 8.75. The molecule has 2 aliphatic heterocycles. The summed E-state index contributed by atoms with van der Waals surface area (Å²) in [5.74, 6) is 0.564. The van der Waals surface area contributed by atoms with Crippen molar-refractivity contribution >= 4 is 53.9 Å². The Balaban J connectivity index is 0.00000140. The van der Waals surface area contributed by atoms with E-state index in [4.69, 9.17) is 23.2 Å². The first-order valence-electron chi connectivity index (χ1n) is 9.73. The van der Waals surface area contributed by atoms with Gasteiger partial charge in [-0.3, -0.25) is 9.69 Å². The summed E-state index contributed by atoms with van der Waals surface area (Å²) in [4.78, 5) is 15.0. The van der Waals surface area contributed by atoms with E-state index in [-0.39, 0.29) is 30.7 Å². The van der Waals surface area contributed by atoms with Crippen molar-refractivity contribution in [3.05, 3.63) is 33.8 Å². The second-order valence-corrected chi connectivity index (χ2v) is 8.99. The van der Waals surface area contributed by atoms with Crippen LogP contribution < -0.4 is 10.6 Å². The van der Waals surface area contributed by atoms with E-state index < -0.39 is 0 Å². The molecule has 2 heterocycles. The second kappa shape index (κ2) is 10.2. The topological polar surface area (TPSA) is 44.4 Å². The number of hydrogen-bond donors (Lipinski definition) is 2. The lowest BCUT2D eigenvalue weighted by Crippen LogP contribution is -2.45. The maximum absolute atomic E-state index is 12.6. The SMILES string of the molecule is Cl.Cl.O=C(NC1CCN(Cc2ccc(Cl)c(Cl)c2)CC1)C1CC12CCNCC2. The third-order valence-corrected chi connectivity index (χ3v) is 7.17. The first kappa shape index (κ1) is 24.0. The number of hydrogen-bond acceptors (Lipinski definition) is 3.